The largest absolute Gasteiger partial charge is 0.466 e. The summed E-state index contributed by atoms with van der Waals surface area (Å²) < 4.78 is 34.9. The van der Waals surface area contributed by atoms with Crippen molar-refractivity contribution in [1.29, 1.82) is 0 Å². The van der Waals surface area contributed by atoms with Crippen LogP contribution < -0.4 is 5.09 Å². The van der Waals surface area contributed by atoms with Gasteiger partial charge in [-0.3, -0.25) is 28.6 Å². The van der Waals surface area contributed by atoms with Crippen LogP contribution in [0.15, 0.2) is 12.3 Å². The predicted octanol–water partition coefficient (Wildman–Crippen LogP) is 0.879. The smallest absolute Gasteiger partial charge is 0.327 e. The number of ketones is 1. The van der Waals surface area contributed by atoms with Gasteiger partial charge in [0, 0.05) is 12.0 Å². The van der Waals surface area contributed by atoms with Gasteiger partial charge in [0.2, 0.25) is 5.91 Å². The number of carbonyl (C=O) groups is 4. The van der Waals surface area contributed by atoms with Crippen LogP contribution in [0.25, 0.3) is 0 Å². The first-order chi connectivity index (χ1) is 17.2. The Bertz CT molecular complexity index is 942. The van der Waals surface area contributed by atoms with E-state index in [1.54, 1.807) is 20.8 Å². The number of aliphatic hydroxyl groups excluding tert-OH is 1. The molecular formula is C22H35N2O11PS. The molecule has 1 amide bonds. The maximum absolute atomic E-state index is 13.6. The maximum Gasteiger partial charge on any atom is 0.327 e. The van der Waals surface area contributed by atoms with E-state index in [1.165, 1.54) is 20.0 Å². The zero-order valence-corrected chi connectivity index (χ0v) is 23.2. The number of carbonyl (C=O) groups excluding carboxylic acids is 4. The molecule has 0 radical (unpaired) electrons. The molecule has 6 atom stereocenters. The van der Waals surface area contributed by atoms with Crippen LogP contribution in [0.5, 0.6) is 0 Å². The number of allylic oxidation sites excluding steroid dienone is 1. The van der Waals surface area contributed by atoms with Gasteiger partial charge in [-0.05, 0) is 40.7 Å². The van der Waals surface area contributed by atoms with Gasteiger partial charge in [-0.2, -0.15) is 0 Å². The zero-order chi connectivity index (χ0) is 28.0. The van der Waals surface area contributed by atoms with Crippen molar-refractivity contribution >= 4 is 41.7 Å². The summed E-state index contributed by atoms with van der Waals surface area (Å²) in [5.41, 5.74) is -1.95. The lowest BCUT2D eigenvalue weighted by Gasteiger charge is -2.34. The number of aliphatic hydroxyl groups is 2. The third-order valence-electron chi connectivity index (χ3n) is 5.38. The highest BCUT2D eigenvalue weighted by Gasteiger charge is 2.56. The molecule has 2 aliphatic rings. The molecule has 15 heteroatoms. The minimum absolute atomic E-state index is 0.0323. The average Bonchev–Trinajstić information content (AvgIpc) is 3.01. The minimum atomic E-state index is -3.89. The molecule has 0 aromatic heterocycles. The second-order valence-corrected chi connectivity index (χ2v) is 13.4. The van der Waals surface area contributed by atoms with Crippen LogP contribution in [0.2, 0.25) is 0 Å². The van der Waals surface area contributed by atoms with Gasteiger partial charge in [0.25, 0.3) is 0 Å². The molecule has 0 aliphatic carbocycles. The number of nitrogens with zero attached hydrogens (tertiary/aromatic N) is 1. The van der Waals surface area contributed by atoms with Gasteiger partial charge >= 0.3 is 18.7 Å². The Morgan fingerprint density at radius 3 is 2.62 bits per heavy atom. The lowest BCUT2D eigenvalue weighted by Crippen LogP contribution is -2.54. The van der Waals surface area contributed by atoms with Crippen LogP contribution in [0.4, 0.5) is 0 Å². The first-order valence-corrected chi connectivity index (χ1v) is 15.0. The molecule has 13 nitrogen and oxygen atoms in total. The molecule has 1 saturated heterocycles. The molecule has 2 aliphatic heterocycles. The summed E-state index contributed by atoms with van der Waals surface area (Å²) in [6, 6.07) is -1.04. The van der Waals surface area contributed by atoms with Crippen molar-refractivity contribution in [2.24, 2.45) is 0 Å². The monoisotopic (exact) mass is 566 g/mol. The van der Waals surface area contributed by atoms with Gasteiger partial charge in [-0.15, -0.1) is 0 Å². The van der Waals surface area contributed by atoms with E-state index in [9.17, 15) is 34.0 Å². The van der Waals surface area contributed by atoms with E-state index < -0.39 is 79.6 Å². The summed E-state index contributed by atoms with van der Waals surface area (Å²) in [6.07, 6.45) is -2.68. The number of hydrogen-bond donors (Lipinski definition) is 3. The van der Waals surface area contributed by atoms with E-state index in [1.807, 2.05) is 0 Å². The average molecular weight is 567 g/mol. The zero-order valence-electron chi connectivity index (χ0n) is 21.4. The van der Waals surface area contributed by atoms with Crippen LogP contribution in [-0.4, -0.2) is 93.9 Å². The quantitative estimate of drug-likeness (QED) is 0.163. The van der Waals surface area contributed by atoms with Gasteiger partial charge in [0.15, 0.2) is 12.0 Å². The number of ether oxygens (including phenoxy) is 3. The Balaban J connectivity index is 2.13. The third kappa shape index (κ3) is 8.60. The molecule has 0 aromatic carbocycles. The first-order valence-electron chi connectivity index (χ1n) is 11.8. The molecule has 37 heavy (non-hydrogen) atoms. The second kappa shape index (κ2) is 13.3. The van der Waals surface area contributed by atoms with E-state index in [4.69, 9.17) is 18.7 Å². The van der Waals surface area contributed by atoms with Gasteiger partial charge in [-0.1, -0.05) is 11.4 Å². The summed E-state index contributed by atoms with van der Waals surface area (Å²) in [4.78, 5) is 48.8. The fraction of sp³-hybridized carbons (Fsp3) is 0.727. The first kappa shape index (κ1) is 31.4. The maximum atomic E-state index is 13.6. The summed E-state index contributed by atoms with van der Waals surface area (Å²) in [5.74, 6) is -2.16. The van der Waals surface area contributed by atoms with Crippen LogP contribution in [0, 0.1) is 0 Å². The van der Waals surface area contributed by atoms with Gasteiger partial charge < -0.3 is 28.9 Å². The molecule has 0 bridgehead atoms. The van der Waals surface area contributed by atoms with Crippen LogP contribution >= 0.6 is 18.1 Å². The Kier molecular flexibility index (Phi) is 11.3. The Morgan fingerprint density at radius 2 is 2.03 bits per heavy atom. The lowest BCUT2D eigenvalue weighted by atomic mass is 9.95. The van der Waals surface area contributed by atoms with Crippen molar-refractivity contribution in [3.63, 3.8) is 0 Å². The van der Waals surface area contributed by atoms with Crippen molar-refractivity contribution in [2.45, 2.75) is 83.6 Å². The van der Waals surface area contributed by atoms with Crippen molar-refractivity contribution < 1.29 is 52.7 Å². The number of rotatable bonds is 13. The molecular weight excluding hydrogens is 531 g/mol. The standard InChI is InChI=1S/C22H35N2O11PS/c1-6-32-18(27)8-10-37-36(31,23-14(4)20(29)34-13(2)3)33-12-16-19(28)22(5,30)21(35-16)24-9-7-15(25)11-17(24)26/h7,9,13-14,16,19,21,28,30H,6,8,10-12H2,1-5H3,(H,23,31)/t14-,16-,19-,21-,22-,36-/m1/s1. The Labute approximate surface area is 219 Å². The van der Waals surface area contributed by atoms with Crippen LogP contribution in [0.1, 0.15) is 47.5 Å². The van der Waals surface area contributed by atoms with E-state index in [2.05, 4.69) is 5.09 Å². The molecule has 1 fully saturated rings. The summed E-state index contributed by atoms with van der Waals surface area (Å²) in [7, 11) is 0. The molecule has 2 rings (SSSR count). The van der Waals surface area contributed by atoms with Crippen LogP contribution in [0.3, 0.4) is 0 Å². The number of hydrogen-bond acceptors (Lipinski definition) is 12. The molecule has 3 N–H and O–H groups in total. The van der Waals surface area contributed by atoms with E-state index in [0.29, 0.717) is 0 Å². The van der Waals surface area contributed by atoms with Crippen LogP contribution in [-0.2, 0) is 42.5 Å². The fourth-order valence-electron chi connectivity index (χ4n) is 3.52. The summed E-state index contributed by atoms with van der Waals surface area (Å²) in [5, 5.41) is 24.2. The summed E-state index contributed by atoms with van der Waals surface area (Å²) in [6.45, 7) is 3.47. The molecule has 210 valence electrons. The van der Waals surface area contributed by atoms with Gasteiger partial charge in [0.1, 0.15) is 23.9 Å². The number of nitrogens with one attached hydrogen (secondary N) is 1. The highest BCUT2D eigenvalue weighted by molar-refractivity contribution is 8.56. The SMILES string of the molecule is CCOC(=O)CCS[P@@](=O)(N[C@H](C)C(=O)OC(C)C)OC[C@H]1O[C@@H](N2C=CC(=O)CC2=O)[C@](C)(O)[C@@H]1O. The lowest BCUT2D eigenvalue weighted by molar-refractivity contribution is -0.158. The Hall–Kier alpha value is -1.80. The topological polar surface area (TPSA) is 178 Å². The van der Waals surface area contributed by atoms with Gasteiger partial charge in [0.05, 0.1) is 32.2 Å². The molecule has 0 saturated carbocycles. The number of amides is 1. The minimum Gasteiger partial charge on any atom is -0.466 e. The van der Waals surface area contributed by atoms with Gasteiger partial charge in [-0.25, -0.2) is 5.09 Å². The number of esters is 2. The van der Waals surface area contributed by atoms with E-state index in [0.717, 1.165) is 22.4 Å². The molecule has 0 spiro atoms. The predicted molar refractivity (Wildman–Crippen MR) is 132 cm³/mol. The van der Waals surface area contributed by atoms with E-state index in [-0.39, 0.29) is 18.8 Å². The molecule has 2 heterocycles. The molecule has 0 unspecified atom stereocenters. The summed E-state index contributed by atoms with van der Waals surface area (Å²) >= 11 is 0.757. The van der Waals surface area contributed by atoms with Crippen molar-refractivity contribution in [3.8, 4) is 0 Å². The van der Waals surface area contributed by atoms with Crippen molar-refractivity contribution in [1.82, 2.24) is 9.99 Å². The third-order valence-corrected chi connectivity index (χ3v) is 9.50. The van der Waals surface area contributed by atoms with E-state index >= 15 is 0 Å². The highest BCUT2D eigenvalue weighted by atomic mass is 32.7. The highest BCUT2D eigenvalue weighted by Crippen LogP contribution is 2.57. The Morgan fingerprint density at radius 1 is 1.35 bits per heavy atom. The normalized spacial score (nSPS) is 28.3. The second-order valence-electron chi connectivity index (χ2n) is 8.98. The fourth-order valence-corrected chi connectivity index (χ4v) is 7.27. The molecule has 0 aromatic rings. The van der Waals surface area contributed by atoms with Crippen molar-refractivity contribution in [2.75, 3.05) is 19.0 Å². The van der Waals surface area contributed by atoms with Crippen molar-refractivity contribution in [3.05, 3.63) is 12.3 Å².